The van der Waals surface area contributed by atoms with Gasteiger partial charge in [-0.2, -0.15) is 0 Å². The highest BCUT2D eigenvalue weighted by atomic mass is 32.1. The molecule has 0 saturated heterocycles. The molecular weight excluding hydrogens is 272 g/mol. The predicted molar refractivity (Wildman–Crippen MR) is 79.7 cm³/mol. The molecule has 2 heterocycles. The molecular formula is C15H22N2O2S. The Morgan fingerprint density at radius 1 is 1.50 bits per heavy atom. The van der Waals surface area contributed by atoms with E-state index in [4.69, 9.17) is 5.11 Å². The van der Waals surface area contributed by atoms with E-state index in [0.29, 0.717) is 19.1 Å². The maximum atomic E-state index is 12.5. The van der Waals surface area contributed by atoms with Gasteiger partial charge < -0.3 is 10.0 Å². The van der Waals surface area contributed by atoms with Gasteiger partial charge in [0.2, 0.25) is 5.91 Å². The lowest BCUT2D eigenvalue weighted by Gasteiger charge is -2.38. The molecule has 0 unspecified atom stereocenters. The van der Waals surface area contributed by atoms with Gasteiger partial charge in [0.25, 0.3) is 0 Å². The molecule has 4 nitrogen and oxygen atoms in total. The van der Waals surface area contributed by atoms with Crippen molar-refractivity contribution in [3.8, 4) is 0 Å². The number of aliphatic hydroxyl groups excluding tert-OH is 1. The Kier molecular flexibility index (Phi) is 4.38. The van der Waals surface area contributed by atoms with Crippen molar-refractivity contribution in [3.05, 3.63) is 21.9 Å². The van der Waals surface area contributed by atoms with Gasteiger partial charge in [0.1, 0.15) is 0 Å². The van der Waals surface area contributed by atoms with Crippen LogP contribution in [0.4, 0.5) is 0 Å². The molecule has 5 heteroatoms. The minimum absolute atomic E-state index is 0.137. The zero-order valence-electron chi connectivity index (χ0n) is 11.8. The summed E-state index contributed by atoms with van der Waals surface area (Å²) >= 11 is 1.80. The Morgan fingerprint density at radius 3 is 3.05 bits per heavy atom. The van der Waals surface area contributed by atoms with Gasteiger partial charge in [-0.1, -0.05) is 6.42 Å². The highest BCUT2D eigenvalue weighted by Crippen LogP contribution is 2.26. The van der Waals surface area contributed by atoms with E-state index < -0.39 is 0 Å². The molecule has 1 aliphatic carbocycles. The molecule has 20 heavy (non-hydrogen) atoms. The molecule has 0 atom stereocenters. The second-order valence-electron chi connectivity index (χ2n) is 5.71. The summed E-state index contributed by atoms with van der Waals surface area (Å²) in [5.41, 5.74) is 1.31. The van der Waals surface area contributed by atoms with Gasteiger partial charge in [-0.15, -0.1) is 11.3 Å². The predicted octanol–water partition coefficient (Wildman–Crippen LogP) is 1.48. The summed E-state index contributed by atoms with van der Waals surface area (Å²) < 4.78 is 0. The summed E-state index contributed by atoms with van der Waals surface area (Å²) in [5.74, 6) is 0.210. The first kappa shape index (κ1) is 14.0. The fourth-order valence-corrected chi connectivity index (χ4v) is 3.90. The van der Waals surface area contributed by atoms with Crippen LogP contribution in [-0.4, -0.2) is 53.1 Å². The van der Waals surface area contributed by atoms with Crippen molar-refractivity contribution in [2.24, 2.45) is 0 Å². The van der Waals surface area contributed by atoms with E-state index in [1.807, 2.05) is 4.90 Å². The minimum atomic E-state index is 0.137. The summed E-state index contributed by atoms with van der Waals surface area (Å²) in [5, 5.41) is 11.3. The number of aliphatic hydroxyl groups is 1. The highest BCUT2D eigenvalue weighted by Gasteiger charge is 2.28. The maximum Gasteiger partial charge on any atom is 0.237 e. The van der Waals surface area contributed by atoms with E-state index >= 15 is 0 Å². The van der Waals surface area contributed by atoms with Crippen molar-refractivity contribution in [1.29, 1.82) is 0 Å². The second kappa shape index (κ2) is 6.24. The maximum absolute atomic E-state index is 12.5. The van der Waals surface area contributed by atoms with E-state index in [0.717, 1.165) is 19.5 Å². The monoisotopic (exact) mass is 294 g/mol. The zero-order chi connectivity index (χ0) is 13.9. The third-order valence-corrected chi connectivity index (χ3v) is 5.50. The second-order valence-corrected chi connectivity index (χ2v) is 6.71. The number of nitrogens with zero attached hydrogens (tertiary/aromatic N) is 2. The number of fused-ring (bicyclic) bond motifs is 1. The number of carbonyl (C=O) groups excluding carboxylic acids is 1. The lowest BCUT2D eigenvalue weighted by atomic mass is 9.91. The summed E-state index contributed by atoms with van der Waals surface area (Å²) in [4.78, 5) is 18.0. The summed E-state index contributed by atoms with van der Waals surface area (Å²) in [6.07, 6.45) is 4.58. The molecule has 1 saturated carbocycles. The van der Waals surface area contributed by atoms with Crippen LogP contribution in [0.5, 0.6) is 0 Å². The van der Waals surface area contributed by atoms with Crippen LogP contribution in [-0.2, 0) is 17.8 Å². The van der Waals surface area contributed by atoms with Crippen LogP contribution < -0.4 is 0 Å². The first-order chi connectivity index (χ1) is 9.78. The lowest BCUT2D eigenvalue weighted by Crippen LogP contribution is -2.48. The van der Waals surface area contributed by atoms with E-state index in [2.05, 4.69) is 16.3 Å². The SMILES string of the molecule is O=C(CN(CCO)C1CCC1)N1CCc2sccc2C1. The highest BCUT2D eigenvalue weighted by molar-refractivity contribution is 7.10. The fraction of sp³-hybridized carbons (Fsp3) is 0.667. The van der Waals surface area contributed by atoms with Crippen LogP contribution in [0.1, 0.15) is 29.7 Å². The van der Waals surface area contributed by atoms with E-state index in [1.54, 1.807) is 11.3 Å². The molecule has 0 spiro atoms. The fourth-order valence-electron chi connectivity index (χ4n) is 3.01. The van der Waals surface area contributed by atoms with Crippen LogP contribution >= 0.6 is 11.3 Å². The summed E-state index contributed by atoms with van der Waals surface area (Å²) in [7, 11) is 0. The first-order valence-corrected chi connectivity index (χ1v) is 8.34. The molecule has 1 aromatic rings. The Bertz CT molecular complexity index is 470. The van der Waals surface area contributed by atoms with Gasteiger partial charge in [-0.25, -0.2) is 0 Å². The summed E-state index contributed by atoms with van der Waals surface area (Å²) in [6, 6.07) is 2.64. The van der Waals surface area contributed by atoms with Crippen LogP contribution in [0.15, 0.2) is 11.4 Å². The molecule has 3 rings (SSSR count). The molecule has 1 amide bonds. The number of thiophene rings is 1. The minimum Gasteiger partial charge on any atom is -0.395 e. The van der Waals surface area contributed by atoms with E-state index in [-0.39, 0.29) is 12.5 Å². The molecule has 0 radical (unpaired) electrons. The van der Waals surface area contributed by atoms with Crippen molar-refractivity contribution >= 4 is 17.2 Å². The van der Waals surface area contributed by atoms with Gasteiger partial charge >= 0.3 is 0 Å². The van der Waals surface area contributed by atoms with Crippen LogP contribution in [0.2, 0.25) is 0 Å². The van der Waals surface area contributed by atoms with Crippen molar-refractivity contribution < 1.29 is 9.90 Å². The van der Waals surface area contributed by atoms with E-state index in [1.165, 1.54) is 29.7 Å². The normalized spacial score (nSPS) is 19.0. The first-order valence-electron chi connectivity index (χ1n) is 7.46. The molecule has 1 fully saturated rings. The number of rotatable bonds is 5. The molecule has 110 valence electrons. The Morgan fingerprint density at radius 2 is 2.35 bits per heavy atom. The van der Waals surface area contributed by atoms with Gasteiger partial charge in [0.05, 0.1) is 13.2 Å². The van der Waals surface area contributed by atoms with Crippen molar-refractivity contribution in [2.45, 2.75) is 38.3 Å². The van der Waals surface area contributed by atoms with Crippen LogP contribution in [0.3, 0.4) is 0 Å². The molecule has 1 aromatic heterocycles. The molecule has 1 aliphatic heterocycles. The topological polar surface area (TPSA) is 43.8 Å². The molecule has 0 bridgehead atoms. The van der Waals surface area contributed by atoms with Gasteiger partial charge in [-0.3, -0.25) is 9.69 Å². The van der Waals surface area contributed by atoms with Crippen molar-refractivity contribution in [2.75, 3.05) is 26.2 Å². The number of hydrogen-bond donors (Lipinski definition) is 1. The van der Waals surface area contributed by atoms with Crippen LogP contribution in [0, 0.1) is 0 Å². The molecule has 0 aromatic carbocycles. The standard InChI is InChI=1S/C15H22N2O2S/c18-8-7-16(13-2-1-3-13)11-15(19)17-6-4-14-12(10-17)5-9-20-14/h5,9,13,18H,1-4,6-8,10-11H2. The van der Waals surface area contributed by atoms with Crippen molar-refractivity contribution in [3.63, 3.8) is 0 Å². The number of carbonyl (C=O) groups is 1. The quantitative estimate of drug-likeness (QED) is 0.894. The summed E-state index contributed by atoms with van der Waals surface area (Å²) in [6.45, 7) is 2.82. The third-order valence-electron chi connectivity index (χ3n) is 4.48. The Hall–Kier alpha value is -0.910. The smallest absolute Gasteiger partial charge is 0.237 e. The number of hydrogen-bond acceptors (Lipinski definition) is 4. The van der Waals surface area contributed by atoms with Crippen LogP contribution in [0.25, 0.3) is 0 Å². The van der Waals surface area contributed by atoms with Gasteiger partial charge in [-0.05, 0) is 36.3 Å². The van der Waals surface area contributed by atoms with Crippen molar-refractivity contribution in [1.82, 2.24) is 9.80 Å². The van der Waals surface area contributed by atoms with E-state index in [9.17, 15) is 4.79 Å². The third kappa shape index (κ3) is 2.90. The average Bonchev–Trinajstić information content (AvgIpc) is 2.83. The van der Waals surface area contributed by atoms with Gasteiger partial charge in [0, 0.05) is 30.6 Å². The Labute approximate surface area is 124 Å². The van der Waals surface area contributed by atoms with Gasteiger partial charge in [0.15, 0.2) is 0 Å². The molecule has 1 N–H and O–H groups in total. The molecule has 2 aliphatic rings. The number of amides is 1. The lowest BCUT2D eigenvalue weighted by molar-refractivity contribution is -0.134. The zero-order valence-corrected chi connectivity index (χ0v) is 12.6. The average molecular weight is 294 g/mol. The largest absolute Gasteiger partial charge is 0.395 e. The Balaban J connectivity index is 1.58.